The number of guanidine groups is 1. The SMILES string of the molecule is CN=C(NCCC1CCCC(C)C1)NCC1CCN(Cc2nc(C)c(C)o2)CC1.I. The van der Waals surface area contributed by atoms with Crippen LogP contribution in [0.25, 0.3) is 0 Å². The fourth-order valence-corrected chi connectivity index (χ4v) is 4.82. The minimum Gasteiger partial charge on any atom is -0.444 e. The molecule has 3 rings (SSSR count). The van der Waals surface area contributed by atoms with Gasteiger partial charge in [-0.3, -0.25) is 9.89 Å². The number of likely N-dealkylation sites (tertiary alicyclic amines) is 1. The molecule has 2 unspecified atom stereocenters. The van der Waals surface area contributed by atoms with E-state index in [9.17, 15) is 0 Å². The van der Waals surface area contributed by atoms with Gasteiger partial charge in [-0.05, 0) is 70.4 Å². The third-order valence-corrected chi connectivity index (χ3v) is 6.81. The second-order valence-electron chi connectivity index (χ2n) is 9.28. The third kappa shape index (κ3) is 8.02. The summed E-state index contributed by atoms with van der Waals surface area (Å²) in [6.07, 6.45) is 9.33. The van der Waals surface area contributed by atoms with Crippen LogP contribution in [-0.2, 0) is 6.54 Å². The molecule has 0 radical (unpaired) electrons. The van der Waals surface area contributed by atoms with Gasteiger partial charge < -0.3 is 15.1 Å². The number of hydrogen-bond donors (Lipinski definition) is 2. The maximum Gasteiger partial charge on any atom is 0.208 e. The molecule has 1 aromatic heterocycles. The summed E-state index contributed by atoms with van der Waals surface area (Å²) in [6.45, 7) is 11.5. The van der Waals surface area contributed by atoms with Gasteiger partial charge >= 0.3 is 0 Å². The van der Waals surface area contributed by atoms with Crippen molar-refractivity contribution in [1.82, 2.24) is 20.5 Å². The summed E-state index contributed by atoms with van der Waals surface area (Å²) in [5.41, 5.74) is 1.01. The fraction of sp³-hybridized carbons (Fsp3) is 0.826. The molecule has 1 saturated heterocycles. The summed E-state index contributed by atoms with van der Waals surface area (Å²) in [6, 6.07) is 0. The molecule has 2 atom stereocenters. The summed E-state index contributed by atoms with van der Waals surface area (Å²) in [4.78, 5) is 11.4. The van der Waals surface area contributed by atoms with Crippen LogP contribution in [0.5, 0.6) is 0 Å². The summed E-state index contributed by atoms with van der Waals surface area (Å²) in [5, 5.41) is 7.08. The molecule has 1 aliphatic heterocycles. The Balaban J connectivity index is 0.00000320. The van der Waals surface area contributed by atoms with E-state index in [1.165, 1.54) is 44.9 Å². The van der Waals surface area contributed by atoms with E-state index in [4.69, 9.17) is 4.42 Å². The van der Waals surface area contributed by atoms with Crippen LogP contribution in [0.15, 0.2) is 9.41 Å². The van der Waals surface area contributed by atoms with Crippen molar-refractivity contribution in [2.75, 3.05) is 33.2 Å². The number of aliphatic imine (C=N–C) groups is 1. The molecular weight excluding hydrogens is 489 g/mol. The fourth-order valence-electron chi connectivity index (χ4n) is 4.82. The Hall–Kier alpha value is -0.830. The van der Waals surface area contributed by atoms with Crippen LogP contribution in [-0.4, -0.2) is 49.1 Å². The molecule has 7 heteroatoms. The lowest BCUT2D eigenvalue weighted by molar-refractivity contribution is 0.164. The smallest absolute Gasteiger partial charge is 0.208 e. The predicted octanol–water partition coefficient (Wildman–Crippen LogP) is 4.50. The van der Waals surface area contributed by atoms with Gasteiger partial charge in [0.1, 0.15) is 5.76 Å². The van der Waals surface area contributed by atoms with Gasteiger partial charge in [0.2, 0.25) is 5.89 Å². The molecular formula is C23H42IN5O. The molecule has 1 aliphatic carbocycles. The molecule has 1 saturated carbocycles. The zero-order valence-corrected chi connectivity index (χ0v) is 21.7. The van der Waals surface area contributed by atoms with Gasteiger partial charge in [0.15, 0.2) is 5.96 Å². The van der Waals surface area contributed by atoms with E-state index < -0.39 is 0 Å². The average molecular weight is 532 g/mol. The van der Waals surface area contributed by atoms with Gasteiger partial charge in [-0.1, -0.05) is 26.2 Å². The van der Waals surface area contributed by atoms with Crippen molar-refractivity contribution in [1.29, 1.82) is 0 Å². The van der Waals surface area contributed by atoms with Crippen molar-refractivity contribution < 1.29 is 4.42 Å². The highest BCUT2D eigenvalue weighted by Crippen LogP contribution is 2.30. The minimum atomic E-state index is 0. The Morgan fingerprint density at radius 1 is 1.13 bits per heavy atom. The summed E-state index contributed by atoms with van der Waals surface area (Å²) in [7, 11) is 1.88. The van der Waals surface area contributed by atoms with Crippen molar-refractivity contribution >= 4 is 29.9 Å². The third-order valence-electron chi connectivity index (χ3n) is 6.81. The molecule has 30 heavy (non-hydrogen) atoms. The molecule has 0 amide bonds. The van der Waals surface area contributed by atoms with Gasteiger partial charge in [0.05, 0.1) is 12.2 Å². The highest BCUT2D eigenvalue weighted by atomic mass is 127. The van der Waals surface area contributed by atoms with Crippen molar-refractivity contribution in [3.8, 4) is 0 Å². The minimum absolute atomic E-state index is 0. The average Bonchev–Trinajstić information content (AvgIpc) is 3.02. The summed E-state index contributed by atoms with van der Waals surface area (Å²) in [5.74, 6) is 5.27. The summed E-state index contributed by atoms with van der Waals surface area (Å²) >= 11 is 0. The van der Waals surface area contributed by atoms with Crippen molar-refractivity contribution in [2.24, 2.45) is 22.7 Å². The van der Waals surface area contributed by atoms with Crippen LogP contribution in [0.3, 0.4) is 0 Å². The largest absolute Gasteiger partial charge is 0.444 e. The van der Waals surface area contributed by atoms with Gasteiger partial charge in [-0.25, -0.2) is 4.98 Å². The highest BCUT2D eigenvalue weighted by molar-refractivity contribution is 14.0. The first-order valence-corrected chi connectivity index (χ1v) is 11.6. The molecule has 172 valence electrons. The quantitative estimate of drug-likeness (QED) is 0.308. The topological polar surface area (TPSA) is 65.7 Å². The molecule has 0 spiro atoms. The molecule has 0 aromatic carbocycles. The number of halogens is 1. The molecule has 1 aromatic rings. The first kappa shape index (κ1) is 25.4. The molecule has 2 aliphatic rings. The normalized spacial score (nSPS) is 23.8. The Labute approximate surface area is 200 Å². The number of rotatable bonds is 7. The van der Waals surface area contributed by atoms with Crippen LogP contribution >= 0.6 is 24.0 Å². The number of nitrogens with zero attached hydrogens (tertiary/aromatic N) is 3. The van der Waals surface area contributed by atoms with E-state index in [2.05, 4.69) is 32.4 Å². The lowest BCUT2D eigenvalue weighted by Gasteiger charge is -2.31. The number of hydrogen-bond acceptors (Lipinski definition) is 4. The van der Waals surface area contributed by atoms with E-state index in [1.807, 2.05) is 20.9 Å². The number of nitrogens with one attached hydrogen (secondary N) is 2. The van der Waals surface area contributed by atoms with Crippen molar-refractivity contribution in [3.63, 3.8) is 0 Å². The first-order valence-electron chi connectivity index (χ1n) is 11.6. The van der Waals surface area contributed by atoms with Crippen molar-refractivity contribution in [3.05, 3.63) is 17.3 Å². The van der Waals surface area contributed by atoms with Gasteiger partial charge in [-0.15, -0.1) is 24.0 Å². The van der Waals surface area contributed by atoms with E-state index in [1.54, 1.807) is 0 Å². The number of aromatic nitrogens is 1. The Bertz CT molecular complexity index is 635. The number of piperidine rings is 1. The zero-order chi connectivity index (χ0) is 20.6. The summed E-state index contributed by atoms with van der Waals surface area (Å²) < 4.78 is 5.74. The van der Waals surface area contributed by atoms with Crippen molar-refractivity contribution in [2.45, 2.75) is 72.3 Å². The van der Waals surface area contributed by atoms with E-state index in [0.717, 1.165) is 67.9 Å². The maximum absolute atomic E-state index is 5.74. The van der Waals surface area contributed by atoms with Crippen LogP contribution in [0.4, 0.5) is 0 Å². The van der Waals surface area contributed by atoms with Gasteiger partial charge in [-0.2, -0.15) is 0 Å². The zero-order valence-electron chi connectivity index (χ0n) is 19.4. The molecule has 2 heterocycles. The molecule has 0 bridgehead atoms. The standard InChI is InChI=1S/C23H41N5O.HI/c1-17-6-5-7-20(14-17)8-11-25-23(24-4)26-15-21-9-12-28(13-10-21)16-22-27-18(2)19(3)29-22;/h17,20-21H,5-16H2,1-4H3,(H2,24,25,26);1H. The van der Waals surface area contributed by atoms with Crippen LogP contribution in [0, 0.1) is 31.6 Å². The molecule has 2 fully saturated rings. The number of aryl methyl sites for hydroxylation is 2. The Kier molecular flexibility index (Phi) is 10.9. The van der Waals surface area contributed by atoms with Crippen LogP contribution in [0.2, 0.25) is 0 Å². The predicted molar refractivity (Wildman–Crippen MR) is 134 cm³/mol. The van der Waals surface area contributed by atoms with E-state index in [-0.39, 0.29) is 24.0 Å². The van der Waals surface area contributed by atoms with Gasteiger partial charge in [0.25, 0.3) is 0 Å². The van der Waals surface area contributed by atoms with Crippen LogP contribution in [0.1, 0.15) is 69.2 Å². The molecule has 2 N–H and O–H groups in total. The second-order valence-corrected chi connectivity index (χ2v) is 9.28. The van der Waals surface area contributed by atoms with E-state index >= 15 is 0 Å². The lowest BCUT2D eigenvalue weighted by Crippen LogP contribution is -2.43. The Morgan fingerprint density at radius 3 is 2.53 bits per heavy atom. The first-order chi connectivity index (χ1) is 14.0. The highest BCUT2D eigenvalue weighted by Gasteiger charge is 2.21. The van der Waals surface area contributed by atoms with Gasteiger partial charge in [0, 0.05) is 20.1 Å². The second kappa shape index (κ2) is 12.9. The lowest BCUT2D eigenvalue weighted by atomic mass is 9.81. The monoisotopic (exact) mass is 531 g/mol. The van der Waals surface area contributed by atoms with E-state index in [0.29, 0.717) is 5.92 Å². The van der Waals surface area contributed by atoms with Crippen LogP contribution < -0.4 is 10.6 Å². The molecule has 6 nitrogen and oxygen atoms in total. The Morgan fingerprint density at radius 2 is 1.90 bits per heavy atom. The number of oxazole rings is 1. The maximum atomic E-state index is 5.74.